The summed E-state index contributed by atoms with van der Waals surface area (Å²) in [6.45, 7) is 2.66. The molecule has 1 saturated heterocycles. The summed E-state index contributed by atoms with van der Waals surface area (Å²) >= 11 is 0. The van der Waals surface area contributed by atoms with E-state index in [2.05, 4.69) is 6.58 Å². The quantitative estimate of drug-likeness (QED) is 0.380. The summed E-state index contributed by atoms with van der Waals surface area (Å²) in [7, 11) is 0. The van der Waals surface area contributed by atoms with Gasteiger partial charge in [0.05, 0.1) is 13.2 Å². The van der Waals surface area contributed by atoms with Crippen LogP contribution in [0.25, 0.3) is 0 Å². The van der Waals surface area contributed by atoms with Crippen LogP contribution in [-0.2, 0) is 14.3 Å². The molecule has 0 unspecified atom stereocenters. The van der Waals surface area contributed by atoms with Crippen molar-refractivity contribution in [2.24, 2.45) is 0 Å². The number of carbonyl (C=O) groups is 1. The van der Waals surface area contributed by atoms with Crippen LogP contribution in [-0.4, -0.2) is 58.9 Å². The fourth-order valence-electron chi connectivity index (χ4n) is 1.36. The largest absolute Gasteiger partial charge is 0.454 e. The van der Waals surface area contributed by atoms with Gasteiger partial charge >= 0.3 is 5.97 Å². The van der Waals surface area contributed by atoms with Crippen LogP contribution in [0, 0.1) is 0 Å². The van der Waals surface area contributed by atoms with Gasteiger partial charge in [-0.25, -0.2) is 4.79 Å². The van der Waals surface area contributed by atoms with E-state index in [0.717, 1.165) is 6.08 Å². The van der Waals surface area contributed by atoms with Crippen molar-refractivity contribution in [2.45, 2.75) is 24.4 Å². The van der Waals surface area contributed by atoms with E-state index in [1.807, 2.05) is 0 Å². The Bertz CT molecular complexity index is 241. The van der Waals surface area contributed by atoms with Crippen LogP contribution in [0.1, 0.15) is 0 Å². The number of esters is 1. The lowest BCUT2D eigenvalue weighted by atomic mass is 10.1. The monoisotopic (exact) mass is 218 g/mol. The van der Waals surface area contributed by atoms with Gasteiger partial charge in [0.15, 0.2) is 6.10 Å². The van der Waals surface area contributed by atoms with E-state index in [4.69, 9.17) is 14.6 Å². The summed E-state index contributed by atoms with van der Waals surface area (Å²) in [5.74, 6) is -0.716. The predicted molar refractivity (Wildman–Crippen MR) is 48.9 cm³/mol. The SMILES string of the molecule is C=CC(=O)O[C@H](CO)[C@H]1OC[C@H](O)[C@H]1O. The van der Waals surface area contributed by atoms with Gasteiger partial charge in [0.1, 0.15) is 18.3 Å². The molecule has 1 aliphatic rings. The Kier molecular flexibility index (Phi) is 4.22. The fourth-order valence-corrected chi connectivity index (χ4v) is 1.36. The number of aliphatic hydroxyl groups is 3. The Morgan fingerprint density at radius 2 is 2.33 bits per heavy atom. The molecule has 0 bridgehead atoms. The first kappa shape index (κ1) is 12.1. The molecule has 1 rings (SSSR count). The number of hydrogen-bond donors (Lipinski definition) is 3. The highest BCUT2D eigenvalue weighted by Gasteiger charge is 2.41. The summed E-state index contributed by atoms with van der Waals surface area (Å²) in [6.07, 6.45) is -3.15. The molecule has 0 amide bonds. The van der Waals surface area contributed by atoms with Gasteiger partial charge in [-0.2, -0.15) is 0 Å². The summed E-state index contributed by atoms with van der Waals surface area (Å²) in [5.41, 5.74) is 0. The summed E-state index contributed by atoms with van der Waals surface area (Å²) < 4.78 is 9.75. The van der Waals surface area contributed by atoms with Gasteiger partial charge < -0.3 is 24.8 Å². The van der Waals surface area contributed by atoms with Gasteiger partial charge in [0, 0.05) is 6.08 Å². The Labute approximate surface area is 86.7 Å². The van der Waals surface area contributed by atoms with Crippen LogP contribution in [0.3, 0.4) is 0 Å². The maximum absolute atomic E-state index is 10.9. The molecule has 0 saturated carbocycles. The van der Waals surface area contributed by atoms with Crippen molar-refractivity contribution >= 4 is 5.97 Å². The molecule has 0 radical (unpaired) electrons. The van der Waals surface area contributed by atoms with Crippen LogP contribution in [0.2, 0.25) is 0 Å². The molecule has 0 aromatic rings. The fraction of sp³-hybridized carbons (Fsp3) is 0.667. The second kappa shape index (κ2) is 5.22. The molecule has 0 aliphatic carbocycles. The standard InChI is InChI=1S/C9H14O6/c1-2-7(12)15-6(3-10)9-8(13)5(11)4-14-9/h2,5-6,8-11,13H,1,3-4H2/t5-,6+,8+,9+/m0/s1. The van der Waals surface area contributed by atoms with Crippen LogP contribution >= 0.6 is 0 Å². The van der Waals surface area contributed by atoms with E-state index < -0.39 is 37.0 Å². The van der Waals surface area contributed by atoms with E-state index in [-0.39, 0.29) is 6.61 Å². The Balaban J connectivity index is 2.58. The number of carbonyl (C=O) groups excluding carboxylic acids is 1. The van der Waals surface area contributed by atoms with E-state index in [1.165, 1.54) is 0 Å². The minimum atomic E-state index is -1.17. The number of rotatable bonds is 4. The minimum absolute atomic E-state index is 0.0476. The van der Waals surface area contributed by atoms with Crippen molar-refractivity contribution in [2.75, 3.05) is 13.2 Å². The molecule has 15 heavy (non-hydrogen) atoms. The molecule has 0 aromatic heterocycles. The molecule has 86 valence electrons. The molecule has 0 aromatic carbocycles. The highest BCUT2D eigenvalue weighted by atomic mass is 16.6. The molecule has 1 fully saturated rings. The van der Waals surface area contributed by atoms with Gasteiger partial charge in [-0.15, -0.1) is 0 Å². The molecule has 6 nitrogen and oxygen atoms in total. The first-order chi connectivity index (χ1) is 7.10. The van der Waals surface area contributed by atoms with E-state index >= 15 is 0 Å². The van der Waals surface area contributed by atoms with Crippen LogP contribution in [0.4, 0.5) is 0 Å². The lowest BCUT2D eigenvalue weighted by molar-refractivity contribution is -0.156. The maximum Gasteiger partial charge on any atom is 0.330 e. The van der Waals surface area contributed by atoms with E-state index in [9.17, 15) is 15.0 Å². The third kappa shape index (κ3) is 2.75. The maximum atomic E-state index is 10.9. The third-order valence-electron chi connectivity index (χ3n) is 2.17. The van der Waals surface area contributed by atoms with Crippen molar-refractivity contribution in [1.29, 1.82) is 0 Å². The number of hydrogen-bond acceptors (Lipinski definition) is 6. The zero-order valence-corrected chi connectivity index (χ0v) is 8.07. The second-order valence-electron chi connectivity index (χ2n) is 3.22. The second-order valence-corrected chi connectivity index (χ2v) is 3.22. The average Bonchev–Trinajstić information content (AvgIpc) is 2.56. The van der Waals surface area contributed by atoms with Gasteiger partial charge in [-0.05, 0) is 0 Å². The molecule has 6 heteroatoms. The summed E-state index contributed by atoms with van der Waals surface area (Å²) in [4.78, 5) is 10.9. The number of aliphatic hydroxyl groups excluding tert-OH is 3. The summed E-state index contributed by atoms with van der Waals surface area (Å²) in [5, 5.41) is 27.6. The normalized spacial score (nSPS) is 32.3. The zero-order chi connectivity index (χ0) is 11.4. The van der Waals surface area contributed by atoms with Gasteiger partial charge in [-0.3, -0.25) is 0 Å². The van der Waals surface area contributed by atoms with Crippen LogP contribution in [0.15, 0.2) is 12.7 Å². The first-order valence-corrected chi connectivity index (χ1v) is 4.51. The zero-order valence-electron chi connectivity index (χ0n) is 8.07. The molecule has 4 atom stereocenters. The molecular formula is C9H14O6. The van der Waals surface area contributed by atoms with Crippen molar-refractivity contribution in [3.05, 3.63) is 12.7 Å². The van der Waals surface area contributed by atoms with Crippen LogP contribution in [0.5, 0.6) is 0 Å². The smallest absolute Gasteiger partial charge is 0.330 e. The van der Waals surface area contributed by atoms with Crippen LogP contribution < -0.4 is 0 Å². The lowest BCUT2D eigenvalue weighted by Crippen LogP contribution is -2.42. The molecule has 1 aliphatic heterocycles. The Morgan fingerprint density at radius 3 is 2.73 bits per heavy atom. The highest BCUT2D eigenvalue weighted by molar-refractivity contribution is 5.81. The average molecular weight is 218 g/mol. The van der Waals surface area contributed by atoms with Gasteiger partial charge in [0.25, 0.3) is 0 Å². The Morgan fingerprint density at radius 1 is 1.67 bits per heavy atom. The van der Waals surface area contributed by atoms with Gasteiger partial charge in [-0.1, -0.05) is 6.58 Å². The minimum Gasteiger partial charge on any atom is -0.454 e. The predicted octanol–water partition coefficient (Wildman–Crippen LogP) is -1.80. The van der Waals surface area contributed by atoms with E-state index in [1.54, 1.807) is 0 Å². The molecule has 1 heterocycles. The van der Waals surface area contributed by atoms with Crippen molar-refractivity contribution in [3.8, 4) is 0 Å². The van der Waals surface area contributed by atoms with Gasteiger partial charge in [0.2, 0.25) is 0 Å². The highest BCUT2D eigenvalue weighted by Crippen LogP contribution is 2.19. The van der Waals surface area contributed by atoms with Crippen molar-refractivity contribution in [1.82, 2.24) is 0 Å². The molecule has 0 spiro atoms. The first-order valence-electron chi connectivity index (χ1n) is 4.51. The van der Waals surface area contributed by atoms with E-state index in [0.29, 0.717) is 0 Å². The Hall–Kier alpha value is -0.950. The number of ether oxygens (including phenoxy) is 2. The lowest BCUT2D eigenvalue weighted by Gasteiger charge is -2.23. The summed E-state index contributed by atoms with van der Waals surface area (Å²) in [6, 6.07) is 0. The third-order valence-corrected chi connectivity index (χ3v) is 2.17. The van der Waals surface area contributed by atoms with Crippen molar-refractivity contribution < 1.29 is 29.6 Å². The topological polar surface area (TPSA) is 96.2 Å². The molecular weight excluding hydrogens is 204 g/mol. The van der Waals surface area contributed by atoms with Crippen molar-refractivity contribution in [3.63, 3.8) is 0 Å². The molecule has 3 N–H and O–H groups in total.